The van der Waals surface area contributed by atoms with Crippen LogP contribution < -0.4 is 10.6 Å². The van der Waals surface area contributed by atoms with Crippen LogP contribution in [-0.4, -0.2) is 11.8 Å². The van der Waals surface area contributed by atoms with Gasteiger partial charge in [-0.3, -0.25) is 9.59 Å². The Hall–Kier alpha value is -3.57. The molecule has 0 fully saturated rings. The molecule has 4 rings (SSSR count). The molecule has 2 amide bonds. The first-order valence-corrected chi connectivity index (χ1v) is 9.35. The van der Waals surface area contributed by atoms with E-state index >= 15 is 0 Å². The lowest BCUT2D eigenvalue weighted by Crippen LogP contribution is -2.13. The number of rotatable bonds is 4. The van der Waals surface area contributed by atoms with Crippen molar-refractivity contribution in [3.63, 3.8) is 0 Å². The van der Waals surface area contributed by atoms with Crippen molar-refractivity contribution in [3.8, 4) is 0 Å². The molecule has 3 aromatic carbocycles. The Bertz CT molecular complexity index is 1180. The monoisotopic (exact) mass is 404 g/mol. The fourth-order valence-electron chi connectivity index (χ4n) is 2.93. The number of amides is 2. The summed E-state index contributed by atoms with van der Waals surface area (Å²) >= 11 is 6.14. The van der Waals surface area contributed by atoms with Gasteiger partial charge in [0.25, 0.3) is 11.8 Å². The van der Waals surface area contributed by atoms with Crippen molar-refractivity contribution in [2.45, 2.75) is 6.92 Å². The van der Waals surface area contributed by atoms with Crippen LogP contribution in [0.2, 0.25) is 5.02 Å². The highest BCUT2D eigenvalue weighted by atomic mass is 35.5. The van der Waals surface area contributed by atoms with Crippen molar-refractivity contribution in [2.75, 3.05) is 10.6 Å². The molecular formula is C23H17ClN2O3. The molecule has 0 unspecified atom stereocenters. The Balaban J connectivity index is 1.43. The van der Waals surface area contributed by atoms with Crippen molar-refractivity contribution in [1.82, 2.24) is 0 Å². The standard InChI is InChI=1S/C23H17ClN2O3/c1-14-6-11-18(19(24)12-14)22(27)25-16-7-9-17(10-8-16)26-23(28)21-13-15-4-2-3-5-20(15)29-21/h2-13H,1H3,(H,25,27)(H,26,28). The zero-order chi connectivity index (χ0) is 20.4. The molecule has 1 heterocycles. The van der Waals surface area contributed by atoms with Crippen LogP contribution >= 0.6 is 11.6 Å². The number of carbonyl (C=O) groups excluding carboxylic acids is 2. The molecule has 0 saturated heterocycles. The molecule has 0 saturated carbocycles. The van der Waals surface area contributed by atoms with Gasteiger partial charge in [0.1, 0.15) is 5.58 Å². The maximum atomic E-state index is 12.4. The van der Waals surface area contributed by atoms with E-state index in [1.807, 2.05) is 37.3 Å². The minimum atomic E-state index is -0.343. The summed E-state index contributed by atoms with van der Waals surface area (Å²) in [5, 5.41) is 6.84. The highest BCUT2D eigenvalue weighted by molar-refractivity contribution is 6.34. The third kappa shape index (κ3) is 4.15. The molecule has 144 valence electrons. The van der Waals surface area contributed by atoms with Gasteiger partial charge in [-0.15, -0.1) is 0 Å². The van der Waals surface area contributed by atoms with Gasteiger partial charge in [-0.25, -0.2) is 0 Å². The van der Waals surface area contributed by atoms with Crippen molar-refractivity contribution >= 4 is 45.8 Å². The van der Waals surface area contributed by atoms with Crippen molar-refractivity contribution in [2.24, 2.45) is 0 Å². The SMILES string of the molecule is Cc1ccc(C(=O)Nc2ccc(NC(=O)c3cc4ccccc4o3)cc2)c(Cl)c1. The Morgan fingerprint density at radius 1 is 0.828 bits per heavy atom. The number of nitrogens with one attached hydrogen (secondary N) is 2. The summed E-state index contributed by atoms with van der Waals surface area (Å²) in [5.74, 6) is -0.406. The summed E-state index contributed by atoms with van der Waals surface area (Å²) in [4.78, 5) is 24.8. The van der Waals surface area contributed by atoms with Crippen molar-refractivity contribution < 1.29 is 14.0 Å². The lowest BCUT2D eigenvalue weighted by molar-refractivity contribution is 0.0996. The number of furan rings is 1. The first-order valence-electron chi connectivity index (χ1n) is 8.97. The van der Waals surface area contributed by atoms with E-state index in [0.717, 1.165) is 10.9 Å². The number of hydrogen-bond donors (Lipinski definition) is 2. The van der Waals surface area contributed by atoms with Crippen LogP contribution in [0.25, 0.3) is 11.0 Å². The molecule has 6 heteroatoms. The largest absolute Gasteiger partial charge is 0.451 e. The van der Waals surface area contributed by atoms with Crippen LogP contribution in [-0.2, 0) is 0 Å². The molecule has 4 aromatic rings. The van der Waals surface area contributed by atoms with E-state index in [2.05, 4.69) is 10.6 Å². The Labute approximate surface area is 172 Å². The summed E-state index contributed by atoms with van der Waals surface area (Å²) in [7, 11) is 0. The van der Waals surface area contributed by atoms with Gasteiger partial charge in [-0.2, -0.15) is 0 Å². The van der Waals surface area contributed by atoms with E-state index < -0.39 is 0 Å². The topological polar surface area (TPSA) is 71.3 Å². The molecule has 0 aliphatic carbocycles. The molecular weight excluding hydrogens is 388 g/mol. The number of fused-ring (bicyclic) bond motifs is 1. The summed E-state index contributed by atoms with van der Waals surface area (Å²) in [6, 6.07) is 21.2. The molecule has 29 heavy (non-hydrogen) atoms. The van der Waals surface area contributed by atoms with Gasteiger partial charge in [0, 0.05) is 16.8 Å². The van der Waals surface area contributed by atoms with Crippen LogP contribution in [0.15, 0.2) is 77.2 Å². The number of hydrogen-bond acceptors (Lipinski definition) is 3. The fraction of sp³-hybridized carbons (Fsp3) is 0.0435. The van der Waals surface area contributed by atoms with Gasteiger partial charge in [-0.05, 0) is 61.0 Å². The molecule has 2 N–H and O–H groups in total. The summed E-state index contributed by atoms with van der Waals surface area (Å²) in [5.41, 5.74) is 3.22. The predicted molar refractivity (Wildman–Crippen MR) is 115 cm³/mol. The first-order chi connectivity index (χ1) is 14.0. The predicted octanol–water partition coefficient (Wildman–Crippen LogP) is 5.90. The second-order valence-electron chi connectivity index (χ2n) is 6.62. The van der Waals surface area contributed by atoms with Crippen LogP contribution in [0.1, 0.15) is 26.5 Å². The van der Waals surface area contributed by atoms with Crippen molar-refractivity contribution in [1.29, 1.82) is 0 Å². The minimum Gasteiger partial charge on any atom is -0.451 e. The normalized spacial score (nSPS) is 10.7. The highest BCUT2D eigenvalue weighted by Crippen LogP contribution is 2.22. The lowest BCUT2D eigenvalue weighted by atomic mass is 10.1. The molecule has 0 bridgehead atoms. The van der Waals surface area contributed by atoms with E-state index in [4.69, 9.17) is 16.0 Å². The van der Waals surface area contributed by atoms with Gasteiger partial charge < -0.3 is 15.1 Å². The molecule has 5 nitrogen and oxygen atoms in total. The Morgan fingerprint density at radius 2 is 1.48 bits per heavy atom. The van der Waals surface area contributed by atoms with E-state index in [-0.39, 0.29) is 17.6 Å². The number of anilines is 2. The Kier molecular flexibility index (Phi) is 5.06. The molecule has 0 aliphatic heterocycles. The van der Waals surface area contributed by atoms with Crippen molar-refractivity contribution in [3.05, 3.63) is 94.7 Å². The second-order valence-corrected chi connectivity index (χ2v) is 7.02. The summed E-state index contributed by atoms with van der Waals surface area (Å²) < 4.78 is 5.57. The van der Waals surface area contributed by atoms with E-state index in [9.17, 15) is 9.59 Å². The number of benzene rings is 3. The second kappa shape index (κ2) is 7.81. The van der Waals surface area contributed by atoms with Crippen LogP contribution in [0.3, 0.4) is 0 Å². The molecule has 0 aliphatic rings. The first kappa shape index (κ1) is 18.8. The molecule has 0 spiro atoms. The zero-order valence-electron chi connectivity index (χ0n) is 15.5. The van der Waals surface area contributed by atoms with Crippen LogP contribution in [0.5, 0.6) is 0 Å². The maximum absolute atomic E-state index is 12.4. The van der Waals surface area contributed by atoms with Gasteiger partial charge in [-0.1, -0.05) is 35.9 Å². The Morgan fingerprint density at radius 3 is 2.14 bits per heavy atom. The smallest absolute Gasteiger partial charge is 0.291 e. The summed E-state index contributed by atoms with van der Waals surface area (Å²) in [6.45, 7) is 1.91. The maximum Gasteiger partial charge on any atom is 0.291 e. The highest BCUT2D eigenvalue weighted by Gasteiger charge is 2.13. The average molecular weight is 405 g/mol. The molecule has 0 atom stereocenters. The fourth-order valence-corrected chi connectivity index (χ4v) is 3.25. The number of aryl methyl sites for hydroxylation is 1. The molecule has 1 aromatic heterocycles. The third-order valence-electron chi connectivity index (χ3n) is 4.42. The average Bonchev–Trinajstić information content (AvgIpc) is 3.14. The van der Waals surface area contributed by atoms with Gasteiger partial charge in [0.2, 0.25) is 0 Å². The third-order valence-corrected chi connectivity index (χ3v) is 4.73. The van der Waals surface area contributed by atoms with E-state index in [1.165, 1.54) is 0 Å². The molecule has 0 radical (unpaired) electrons. The number of carbonyl (C=O) groups is 2. The zero-order valence-corrected chi connectivity index (χ0v) is 16.3. The lowest BCUT2D eigenvalue weighted by Gasteiger charge is -2.09. The number of halogens is 1. The summed E-state index contributed by atoms with van der Waals surface area (Å²) in [6.07, 6.45) is 0. The minimum absolute atomic E-state index is 0.234. The van der Waals surface area contributed by atoms with E-state index in [1.54, 1.807) is 42.5 Å². The van der Waals surface area contributed by atoms with E-state index in [0.29, 0.717) is 27.5 Å². The van der Waals surface area contributed by atoms with Gasteiger partial charge >= 0.3 is 0 Å². The quantitative estimate of drug-likeness (QED) is 0.445. The van der Waals surface area contributed by atoms with Gasteiger partial charge in [0.05, 0.1) is 10.6 Å². The van der Waals surface area contributed by atoms with Crippen LogP contribution in [0.4, 0.5) is 11.4 Å². The number of para-hydroxylation sites is 1. The van der Waals surface area contributed by atoms with Gasteiger partial charge in [0.15, 0.2) is 5.76 Å². The van der Waals surface area contributed by atoms with Crippen LogP contribution in [0, 0.1) is 6.92 Å².